The van der Waals surface area contributed by atoms with Crippen LogP contribution in [0.4, 0.5) is 0 Å². The van der Waals surface area contributed by atoms with Gasteiger partial charge in [0.2, 0.25) is 15.9 Å². The zero-order valence-corrected chi connectivity index (χ0v) is 17.4. The molecule has 0 spiro atoms. The van der Waals surface area contributed by atoms with Gasteiger partial charge in [0.05, 0.1) is 30.6 Å². The van der Waals surface area contributed by atoms with E-state index < -0.39 is 22.1 Å². The van der Waals surface area contributed by atoms with Gasteiger partial charge in [-0.1, -0.05) is 13.8 Å². The summed E-state index contributed by atoms with van der Waals surface area (Å²) in [5.41, 5.74) is 5.88. The SMILES string of the molecule is COc1ccc(S(=O)(=O)N2CCCC(NC(=O)[C@@H](N)CC(C)C)C(=O)C2)cc1. The number of amides is 1. The maximum atomic E-state index is 12.9. The Bertz CT molecular complexity index is 792. The van der Waals surface area contributed by atoms with Crippen molar-refractivity contribution in [1.82, 2.24) is 9.62 Å². The van der Waals surface area contributed by atoms with Crippen molar-refractivity contribution in [3.63, 3.8) is 0 Å². The minimum Gasteiger partial charge on any atom is -0.497 e. The van der Waals surface area contributed by atoms with Gasteiger partial charge in [0.15, 0.2) is 5.78 Å². The summed E-state index contributed by atoms with van der Waals surface area (Å²) in [5.74, 6) is 0.0975. The van der Waals surface area contributed by atoms with E-state index in [1.165, 1.54) is 19.2 Å². The number of nitrogens with two attached hydrogens (primary N) is 1. The van der Waals surface area contributed by atoms with E-state index in [-0.39, 0.29) is 35.6 Å². The smallest absolute Gasteiger partial charge is 0.243 e. The molecule has 1 heterocycles. The number of rotatable bonds is 7. The number of methoxy groups -OCH3 is 1. The van der Waals surface area contributed by atoms with Crippen LogP contribution >= 0.6 is 0 Å². The van der Waals surface area contributed by atoms with Gasteiger partial charge in [-0.25, -0.2) is 8.42 Å². The second kappa shape index (κ2) is 9.49. The van der Waals surface area contributed by atoms with Crippen molar-refractivity contribution in [2.45, 2.75) is 50.1 Å². The van der Waals surface area contributed by atoms with Crippen molar-refractivity contribution in [2.75, 3.05) is 20.2 Å². The summed E-state index contributed by atoms with van der Waals surface area (Å²) in [6.07, 6.45) is 1.36. The number of Topliss-reactive ketones (excluding diaryl/α,β-unsaturated/α-hetero) is 1. The van der Waals surface area contributed by atoms with Crippen molar-refractivity contribution < 1.29 is 22.7 Å². The van der Waals surface area contributed by atoms with Crippen LogP contribution in [0.1, 0.15) is 33.1 Å². The van der Waals surface area contributed by atoms with E-state index in [9.17, 15) is 18.0 Å². The molecule has 1 fully saturated rings. The monoisotopic (exact) mass is 411 g/mol. The summed E-state index contributed by atoms with van der Waals surface area (Å²) in [6.45, 7) is 3.86. The molecule has 2 atom stereocenters. The molecule has 9 heteroatoms. The molecule has 1 aliphatic rings. The Kier molecular flexibility index (Phi) is 7.56. The zero-order valence-electron chi connectivity index (χ0n) is 16.6. The molecule has 0 aromatic heterocycles. The molecular weight excluding hydrogens is 382 g/mol. The number of benzene rings is 1. The first kappa shape index (κ1) is 22.3. The molecule has 8 nitrogen and oxygen atoms in total. The van der Waals surface area contributed by atoms with Crippen LogP contribution in [0, 0.1) is 5.92 Å². The second-order valence-corrected chi connectivity index (χ2v) is 9.36. The van der Waals surface area contributed by atoms with E-state index in [1.54, 1.807) is 12.1 Å². The summed E-state index contributed by atoms with van der Waals surface area (Å²) in [5, 5.41) is 2.69. The quantitative estimate of drug-likeness (QED) is 0.688. The molecule has 2 rings (SSSR count). The van der Waals surface area contributed by atoms with Crippen LogP contribution in [0.25, 0.3) is 0 Å². The van der Waals surface area contributed by atoms with E-state index in [4.69, 9.17) is 10.5 Å². The number of hydrogen-bond donors (Lipinski definition) is 2. The lowest BCUT2D eigenvalue weighted by molar-refractivity contribution is -0.128. The van der Waals surface area contributed by atoms with Gasteiger partial charge < -0.3 is 15.8 Å². The van der Waals surface area contributed by atoms with E-state index in [2.05, 4.69) is 5.32 Å². The van der Waals surface area contributed by atoms with Gasteiger partial charge in [-0.2, -0.15) is 4.31 Å². The lowest BCUT2D eigenvalue weighted by atomic mass is 10.0. The fourth-order valence-corrected chi connectivity index (χ4v) is 4.59. The molecule has 28 heavy (non-hydrogen) atoms. The molecule has 1 unspecified atom stereocenters. The Morgan fingerprint density at radius 2 is 1.96 bits per heavy atom. The summed E-state index contributed by atoms with van der Waals surface area (Å²) < 4.78 is 31.9. The van der Waals surface area contributed by atoms with E-state index in [0.717, 1.165) is 4.31 Å². The number of nitrogens with zero attached hydrogens (tertiary/aromatic N) is 1. The van der Waals surface area contributed by atoms with E-state index in [1.807, 2.05) is 13.8 Å². The molecular formula is C19H29N3O5S. The first-order valence-electron chi connectivity index (χ1n) is 9.38. The maximum absolute atomic E-state index is 12.9. The highest BCUT2D eigenvalue weighted by molar-refractivity contribution is 7.89. The molecule has 1 amide bonds. The molecule has 1 aliphatic heterocycles. The second-order valence-electron chi connectivity index (χ2n) is 7.42. The fraction of sp³-hybridized carbons (Fsp3) is 0.579. The standard InChI is InChI=1S/C19H29N3O5S/c1-13(2)11-16(20)19(24)21-17-5-4-10-22(12-18(17)23)28(25,26)15-8-6-14(27-3)7-9-15/h6-9,13,16-17H,4-5,10-12,20H2,1-3H3,(H,21,24)/t16-,17?/m0/s1. The van der Waals surface area contributed by atoms with Crippen LogP contribution in [-0.4, -0.2) is 56.7 Å². The van der Waals surface area contributed by atoms with Crippen molar-refractivity contribution in [2.24, 2.45) is 11.7 Å². The summed E-state index contributed by atoms with van der Waals surface area (Å²) >= 11 is 0. The Morgan fingerprint density at radius 1 is 1.32 bits per heavy atom. The van der Waals surface area contributed by atoms with Crippen LogP contribution in [0.3, 0.4) is 0 Å². The highest BCUT2D eigenvalue weighted by atomic mass is 32.2. The number of nitrogens with one attached hydrogen (secondary N) is 1. The number of sulfonamides is 1. The predicted molar refractivity (Wildman–Crippen MR) is 105 cm³/mol. The van der Waals surface area contributed by atoms with E-state index in [0.29, 0.717) is 25.0 Å². The van der Waals surface area contributed by atoms with Gasteiger partial charge in [0.25, 0.3) is 0 Å². The van der Waals surface area contributed by atoms with Crippen LogP contribution < -0.4 is 15.8 Å². The Labute approximate surface area is 166 Å². The summed E-state index contributed by atoms with van der Waals surface area (Å²) in [4.78, 5) is 24.9. The van der Waals surface area contributed by atoms with Crippen molar-refractivity contribution >= 4 is 21.7 Å². The zero-order chi connectivity index (χ0) is 20.9. The van der Waals surface area contributed by atoms with Gasteiger partial charge in [0, 0.05) is 6.54 Å². The van der Waals surface area contributed by atoms with Crippen LogP contribution in [0.5, 0.6) is 5.75 Å². The topological polar surface area (TPSA) is 119 Å². The third-order valence-electron chi connectivity index (χ3n) is 4.70. The number of carbonyl (C=O) groups excluding carboxylic acids is 2. The minimum atomic E-state index is -3.81. The largest absolute Gasteiger partial charge is 0.497 e. The molecule has 0 saturated carbocycles. The highest BCUT2D eigenvalue weighted by Crippen LogP contribution is 2.22. The first-order valence-corrected chi connectivity index (χ1v) is 10.8. The van der Waals surface area contributed by atoms with Crippen molar-refractivity contribution in [3.8, 4) is 5.75 Å². The van der Waals surface area contributed by atoms with Gasteiger partial charge in [-0.15, -0.1) is 0 Å². The average Bonchev–Trinajstić information content (AvgIpc) is 2.83. The van der Waals surface area contributed by atoms with Crippen LogP contribution in [-0.2, 0) is 19.6 Å². The first-order chi connectivity index (χ1) is 13.1. The molecule has 3 N–H and O–H groups in total. The van der Waals surface area contributed by atoms with Gasteiger partial charge in [-0.3, -0.25) is 9.59 Å². The molecule has 156 valence electrons. The number of ether oxygens (including phenoxy) is 1. The van der Waals surface area contributed by atoms with Gasteiger partial charge in [-0.05, 0) is 49.4 Å². The normalized spacial score (nSPS) is 19.9. The summed E-state index contributed by atoms with van der Waals surface area (Å²) in [7, 11) is -2.31. The van der Waals surface area contributed by atoms with Crippen molar-refractivity contribution in [3.05, 3.63) is 24.3 Å². The fourth-order valence-electron chi connectivity index (χ4n) is 3.14. The molecule has 0 aliphatic carbocycles. The molecule has 1 aromatic rings. The molecule has 0 radical (unpaired) electrons. The Hall–Kier alpha value is -1.97. The molecule has 1 aromatic carbocycles. The third kappa shape index (κ3) is 5.52. The van der Waals surface area contributed by atoms with Crippen molar-refractivity contribution in [1.29, 1.82) is 0 Å². The summed E-state index contributed by atoms with van der Waals surface area (Å²) in [6, 6.07) is 4.62. The number of hydrogen-bond acceptors (Lipinski definition) is 6. The lowest BCUT2D eigenvalue weighted by Crippen LogP contribution is -2.50. The number of ketones is 1. The van der Waals surface area contributed by atoms with Crippen LogP contribution in [0.15, 0.2) is 29.2 Å². The minimum absolute atomic E-state index is 0.0996. The predicted octanol–water partition coefficient (Wildman–Crippen LogP) is 0.907. The average molecular weight is 412 g/mol. The Morgan fingerprint density at radius 3 is 2.54 bits per heavy atom. The lowest BCUT2D eigenvalue weighted by Gasteiger charge is -2.21. The number of carbonyl (C=O) groups is 2. The molecule has 0 bridgehead atoms. The van der Waals surface area contributed by atoms with Gasteiger partial charge >= 0.3 is 0 Å². The molecule has 1 saturated heterocycles. The van der Waals surface area contributed by atoms with E-state index >= 15 is 0 Å². The van der Waals surface area contributed by atoms with Gasteiger partial charge in [0.1, 0.15) is 5.75 Å². The third-order valence-corrected chi connectivity index (χ3v) is 6.56. The highest BCUT2D eigenvalue weighted by Gasteiger charge is 2.33. The Balaban J connectivity index is 2.07. The maximum Gasteiger partial charge on any atom is 0.243 e. The van der Waals surface area contributed by atoms with Crippen LogP contribution in [0.2, 0.25) is 0 Å².